The van der Waals surface area contributed by atoms with Crippen molar-refractivity contribution in [3.8, 4) is 0 Å². The summed E-state index contributed by atoms with van der Waals surface area (Å²) in [6.07, 6.45) is 3.81. The van der Waals surface area contributed by atoms with Crippen molar-refractivity contribution in [1.29, 1.82) is 0 Å². The average Bonchev–Trinajstić information content (AvgIpc) is 2.52. The summed E-state index contributed by atoms with van der Waals surface area (Å²) < 4.78 is 1.75. The number of carbonyl (C=O) groups excluding carboxylic acids is 1. The van der Waals surface area contributed by atoms with Gasteiger partial charge >= 0.3 is 0 Å². The van der Waals surface area contributed by atoms with Crippen LogP contribution in [0.4, 0.5) is 0 Å². The smallest absolute Gasteiger partial charge is 0.150 e. The van der Waals surface area contributed by atoms with Crippen LogP contribution in [0.25, 0.3) is 0 Å². The van der Waals surface area contributed by atoms with Crippen molar-refractivity contribution in [2.45, 2.75) is 19.9 Å². The Balaban J connectivity index is 2.57. The highest BCUT2D eigenvalue weighted by Crippen LogP contribution is 2.00. The molecule has 0 aromatic carbocycles. The predicted octanol–water partition coefficient (Wildman–Crippen LogP) is 0.773. The van der Waals surface area contributed by atoms with Gasteiger partial charge < -0.3 is 0 Å². The van der Waals surface area contributed by atoms with Crippen molar-refractivity contribution in [2.75, 3.05) is 12.0 Å². The van der Waals surface area contributed by atoms with E-state index in [0.717, 1.165) is 12.4 Å². The predicted molar refractivity (Wildman–Crippen MR) is 52.8 cm³/mol. The molecule has 1 aromatic heterocycles. The number of thioether (sulfide) groups is 1. The summed E-state index contributed by atoms with van der Waals surface area (Å²) in [5.41, 5.74) is 0. The quantitative estimate of drug-likeness (QED) is 0.703. The fourth-order valence-electron chi connectivity index (χ4n) is 1.08. The van der Waals surface area contributed by atoms with Gasteiger partial charge in [-0.1, -0.05) is 0 Å². The fraction of sp³-hybridized carbons (Fsp3) is 0.625. The van der Waals surface area contributed by atoms with Crippen molar-refractivity contribution in [3.63, 3.8) is 0 Å². The van der Waals surface area contributed by atoms with Crippen LogP contribution in [0.15, 0.2) is 6.33 Å². The Labute approximate surface area is 81.7 Å². The van der Waals surface area contributed by atoms with E-state index in [-0.39, 0.29) is 5.78 Å². The summed E-state index contributed by atoms with van der Waals surface area (Å²) in [5.74, 6) is 1.52. The van der Waals surface area contributed by atoms with Crippen molar-refractivity contribution in [3.05, 3.63) is 12.2 Å². The van der Waals surface area contributed by atoms with Crippen molar-refractivity contribution >= 4 is 17.5 Å². The van der Waals surface area contributed by atoms with Crippen LogP contribution in [0, 0.1) is 0 Å². The van der Waals surface area contributed by atoms with Gasteiger partial charge in [-0.25, -0.2) is 9.67 Å². The highest BCUT2D eigenvalue weighted by Gasteiger charge is 2.08. The zero-order valence-corrected chi connectivity index (χ0v) is 8.67. The van der Waals surface area contributed by atoms with Gasteiger partial charge in [0.05, 0.1) is 12.2 Å². The molecular formula is C8H13N3OS. The Morgan fingerprint density at radius 3 is 3.08 bits per heavy atom. The minimum Gasteiger partial charge on any atom is -0.298 e. The van der Waals surface area contributed by atoms with Crippen LogP contribution in [0.1, 0.15) is 12.7 Å². The number of nitrogens with zero attached hydrogens (tertiary/aromatic N) is 3. The molecule has 0 radical (unpaired) electrons. The number of carbonyl (C=O) groups is 1. The van der Waals surface area contributed by atoms with E-state index in [1.165, 1.54) is 18.1 Å². The first-order valence-electron chi connectivity index (χ1n) is 4.15. The molecule has 1 rings (SSSR count). The Kier molecular flexibility index (Phi) is 3.95. The summed E-state index contributed by atoms with van der Waals surface area (Å²) in [6.45, 7) is 2.75. The molecule has 1 heterocycles. The number of hydrogen-bond acceptors (Lipinski definition) is 4. The Morgan fingerprint density at radius 2 is 2.46 bits per heavy atom. The molecule has 0 aliphatic heterocycles. The average molecular weight is 199 g/mol. The third kappa shape index (κ3) is 2.84. The molecule has 0 spiro atoms. The second-order valence-corrected chi connectivity index (χ2v) is 3.51. The summed E-state index contributed by atoms with van der Waals surface area (Å²) >= 11 is 1.54. The molecule has 0 unspecified atom stereocenters. The lowest BCUT2D eigenvalue weighted by Crippen LogP contribution is -2.11. The molecule has 5 heteroatoms. The van der Waals surface area contributed by atoms with E-state index in [9.17, 15) is 4.79 Å². The molecule has 4 nitrogen and oxygen atoms in total. The maximum absolute atomic E-state index is 11.3. The van der Waals surface area contributed by atoms with Gasteiger partial charge in [0.15, 0.2) is 0 Å². The first-order chi connectivity index (χ1) is 6.27. The molecule has 0 bridgehead atoms. The number of rotatable bonds is 5. The van der Waals surface area contributed by atoms with Crippen LogP contribution < -0.4 is 0 Å². The lowest BCUT2D eigenvalue weighted by atomic mass is 10.3. The molecule has 0 N–H and O–H groups in total. The molecule has 13 heavy (non-hydrogen) atoms. The number of Topliss-reactive ketones (excluding diaryl/α,β-unsaturated/α-hetero) is 1. The highest BCUT2D eigenvalue weighted by molar-refractivity contribution is 7.99. The molecule has 1 aromatic rings. The maximum atomic E-state index is 11.3. The molecule has 0 amide bonds. The largest absolute Gasteiger partial charge is 0.298 e. The van der Waals surface area contributed by atoms with Crippen LogP contribution >= 0.6 is 11.8 Å². The lowest BCUT2D eigenvalue weighted by molar-refractivity contribution is -0.116. The van der Waals surface area contributed by atoms with Gasteiger partial charge in [0.2, 0.25) is 0 Å². The molecule has 0 aliphatic rings. The third-order valence-corrected chi connectivity index (χ3v) is 2.27. The number of aromatic nitrogens is 3. The molecule has 0 saturated carbocycles. The van der Waals surface area contributed by atoms with Gasteiger partial charge in [-0.3, -0.25) is 4.79 Å². The molecule has 0 fully saturated rings. The Morgan fingerprint density at radius 1 is 1.69 bits per heavy atom. The zero-order valence-electron chi connectivity index (χ0n) is 7.86. The van der Waals surface area contributed by atoms with Crippen LogP contribution in [-0.4, -0.2) is 32.6 Å². The van der Waals surface area contributed by atoms with Gasteiger partial charge in [0.25, 0.3) is 0 Å². The number of hydrogen-bond donors (Lipinski definition) is 0. The lowest BCUT2D eigenvalue weighted by Gasteiger charge is -2.00. The van der Waals surface area contributed by atoms with Gasteiger partial charge in [0.1, 0.15) is 17.9 Å². The fourth-order valence-corrected chi connectivity index (χ4v) is 1.50. The van der Waals surface area contributed by atoms with Crippen LogP contribution in [0.2, 0.25) is 0 Å². The monoisotopic (exact) mass is 199 g/mol. The summed E-state index contributed by atoms with van der Waals surface area (Å²) in [7, 11) is 0. The van der Waals surface area contributed by atoms with Gasteiger partial charge in [0, 0.05) is 6.54 Å². The second-order valence-electron chi connectivity index (χ2n) is 2.64. The summed E-state index contributed by atoms with van der Waals surface area (Å²) in [4.78, 5) is 15.3. The van der Waals surface area contributed by atoms with Crippen LogP contribution in [0.3, 0.4) is 0 Å². The zero-order chi connectivity index (χ0) is 9.68. The second kappa shape index (κ2) is 5.01. The van der Waals surface area contributed by atoms with E-state index in [1.54, 1.807) is 4.68 Å². The van der Waals surface area contributed by atoms with Gasteiger partial charge in [-0.2, -0.15) is 16.9 Å². The topological polar surface area (TPSA) is 47.8 Å². The van der Waals surface area contributed by atoms with E-state index in [4.69, 9.17) is 0 Å². The van der Waals surface area contributed by atoms with E-state index in [0.29, 0.717) is 12.2 Å². The minimum atomic E-state index is 0.204. The minimum absolute atomic E-state index is 0.204. The first kappa shape index (κ1) is 10.2. The van der Waals surface area contributed by atoms with Gasteiger partial charge in [-0.15, -0.1) is 0 Å². The van der Waals surface area contributed by atoms with Crippen LogP contribution in [-0.2, 0) is 17.8 Å². The number of aryl methyl sites for hydroxylation is 1. The van der Waals surface area contributed by atoms with Gasteiger partial charge in [-0.05, 0) is 13.2 Å². The highest BCUT2D eigenvalue weighted by atomic mass is 32.2. The first-order valence-corrected chi connectivity index (χ1v) is 5.54. The third-order valence-electron chi connectivity index (χ3n) is 1.66. The van der Waals surface area contributed by atoms with Crippen molar-refractivity contribution in [1.82, 2.24) is 14.8 Å². The Bertz CT molecular complexity index is 285. The number of ketones is 1. The van der Waals surface area contributed by atoms with Crippen molar-refractivity contribution < 1.29 is 4.79 Å². The standard InChI is InChI=1S/C8H13N3OS/c1-3-11-8(9-6-10-11)4-7(12)5-13-2/h6H,3-5H2,1-2H3. The van der Waals surface area contributed by atoms with Crippen LogP contribution in [0.5, 0.6) is 0 Å². The Hall–Kier alpha value is -0.840. The molecule has 72 valence electrons. The van der Waals surface area contributed by atoms with E-state index >= 15 is 0 Å². The maximum Gasteiger partial charge on any atom is 0.150 e. The van der Waals surface area contributed by atoms with E-state index in [1.807, 2.05) is 13.2 Å². The molecule has 0 aliphatic carbocycles. The van der Waals surface area contributed by atoms with E-state index in [2.05, 4.69) is 10.1 Å². The summed E-state index contributed by atoms with van der Waals surface area (Å²) in [6, 6.07) is 0. The van der Waals surface area contributed by atoms with E-state index < -0.39 is 0 Å². The SMILES string of the molecule is CCn1ncnc1CC(=O)CSC. The molecular weight excluding hydrogens is 186 g/mol. The summed E-state index contributed by atoms with van der Waals surface area (Å²) in [5, 5.41) is 3.99. The van der Waals surface area contributed by atoms with Crippen molar-refractivity contribution in [2.24, 2.45) is 0 Å². The normalized spacial score (nSPS) is 10.3. The molecule has 0 atom stereocenters. The molecule has 0 saturated heterocycles.